The second kappa shape index (κ2) is 3.93. The first kappa shape index (κ1) is 10.9. The van der Waals surface area contributed by atoms with E-state index in [0.29, 0.717) is 12.8 Å². The molecule has 0 N–H and O–H groups in total. The van der Waals surface area contributed by atoms with Gasteiger partial charge in [0.25, 0.3) is 0 Å². The van der Waals surface area contributed by atoms with E-state index in [2.05, 4.69) is 0 Å². The van der Waals surface area contributed by atoms with Crippen LogP contribution in [0.25, 0.3) is 0 Å². The molecule has 0 aromatic rings. The minimum atomic E-state index is -0.488. The summed E-state index contributed by atoms with van der Waals surface area (Å²) >= 11 is 0. The molecule has 2 aliphatic carbocycles. The third-order valence-electron chi connectivity index (χ3n) is 3.33. The van der Waals surface area contributed by atoms with E-state index in [1.54, 1.807) is 0 Å². The molecule has 0 unspecified atom stereocenters. The van der Waals surface area contributed by atoms with Gasteiger partial charge in [0.15, 0.2) is 0 Å². The molecule has 0 saturated heterocycles. The third kappa shape index (κ3) is 1.60. The summed E-state index contributed by atoms with van der Waals surface area (Å²) in [6, 6.07) is 0. The molecule has 3 heteroatoms. The molecule has 0 aromatic heterocycles. The maximum absolute atomic E-state index is 11.6. The molecule has 2 rings (SSSR count). The number of carbonyl (C=O) groups is 2. The number of carbonyl (C=O) groups excluding carboxylic acids is 2. The smallest absolute Gasteiger partial charge is 0.146 e. The SMILES string of the molecule is O=C1CCCC(=O)C12CCCC2.[Mn]. The average Bonchev–Trinajstić information content (AvgIpc) is 2.50. The zero-order chi connectivity index (χ0) is 8.60. The van der Waals surface area contributed by atoms with Gasteiger partial charge in [-0.2, -0.15) is 0 Å². The van der Waals surface area contributed by atoms with Crippen molar-refractivity contribution in [3.8, 4) is 0 Å². The Kier molecular flexibility index (Phi) is 3.31. The molecule has 13 heavy (non-hydrogen) atoms. The van der Waals surface area contributed by atoms with Crippen LogP contribution in [0.1, 0.15) is 44.9 Å². The predicted octanol–water partition coefficient (Wildman–Crippen LogP) is 1.87. The molecule has 2 fully saturated rings. The molecule has 2 aliphatic rings. The van der Waals surface area contributed by atoms with E-state index < -0.39 is 5.41 Å². The van der Waals surface area contributed by atoms with Crippen molar-refractivity contribution in [1.82, 2.24) is 0 Å². The number of rotatable bonds is 0. The van der Waals surface area contributed by atoms with E-state index in [1.807, 2.05) is 0 Å². The van der Waals surface area contributed by atoms with E-state index in [9.17, 15) is 9.59 Å². The van der Waals surface area contributed by atoms with Crippen molar-refractivity contribution in [3.05, 3.63) is 0 Å². The maximum Gasteiger partial charge on any atom is 0.146 e. The Bertz CT molecular complexity index is 211. The van der Waals surface area contributed by atoms with Crippen molar-refractivity contribution in [3.63, 3.8) is 0 Å². The van der Waals surface area contributed by atoms with Crippen molar-refractivity contribution in [2.45, 2.75) is 44.9 Å². The molecule has 0 bridgehead atoms. The first-order valence-electron chi connectivity index (χ1n) is 4.82. The second-order valence-electron chi connectivity index (χ2n) is 3.99. The van der Waals surface area contributed by atoms with Gasteiger partial charge in [0.1, 0.15) is 11.6 Å². The summed E-state index contributed by atoms with van der Waals surface area (Å²) in [4.78, 5) is 23.2. The van der Waals surface area contributed by atoms with Gasteiger partial charge in [-0.25, -0.2) is 0 Å². The minimum absolute atomic E-state index is 0. The molecule has 1 radical (unpaired) electrons. The summed E-state index contributed by atoms with van der Waals surface area (Å²) in [6.45, 7) is 0. The fourth-order valence-corrected chi connectivity index (χ4v) is 2.58. The molecular formula is C10H14MnO2. The van der Waals surface area contributed by atoms with Crippen LogP contribution in [0, 0.1) is 5.41 Å². The average molecular weight is 221 g/mol. The van der Waals surface area contributed by atoms with Gasteiger partial charge in [-0.3, -0.25) is 9.59 Å². The monoisotopic (exact) mass is 221 g/mol. The zero-order valence-electron chi connectivity index (χ0n) is 7.64. The van der Waals surface area contributed by atoms with Crippen LogP contribution in [-0.4, -0.2) is 11.6 Å². The first-order chi connectivity index (χ1) is 5.76. The third-order valence-corrected chi connectivity index (χ3v) is 3.33. The Morgan fingerprint density at radius 3 is 1.77 bits per heavy atom. The topological polar surface area (TPSA) is 34.1 Å². The van der Waals surface area contributed by atoms with Crippen molar-refractivity contribution < 1.29 is 26.7 Å². The molecule has 0 aliphatic heterocycles. The van der Waals surface area contributed by atoms with Crippen LogP contribution in [0.4, 0.5) is 0 Å². The molecule has 73 valence electrons. The molecule has 2 nitrogen and oxygen atoms in total. The van der Waals surface area contributed by atoms with Gasteiger partial charge in [-0.1, -0.05) is 12.8 Å². The fraction of sp³-hybridized carbons (Fsp3) is 0.800. The van der Waals surface area contributed by atoms with Crippen LogP contribution >= 0.6 is 0 Å². The summed E-state index contributed by atoms with van der Waals surface area (Å²) in [5.74, 6) is 0.465. The van der Waals surface area contributed by atoms with Crippen molar-refractivity contribution in [1.29, 1.82) is 0 Å². The van der Waals surface area contributed by atoms with Gasteiger partial charge in [0, 0.05) is 29.9 Å². The van der Waals surface area contributed by atoms with Crippen LogP contribution in [-0.2, 0) is 26.7 Å². The van der Waals surface area contributed by atoms with Crippen LogP contribution in [0.2, 0.25) is 0 Å². The van der Waals surface area contributed by atoms with Gasteiger partial charge in [-0.15, -0.1) is 0 Å². The summed E-state index contributed by atoms with van der Waals surface area (Å²) in [5.41, 5.74) is -0.488. The van der Waals surface area contributed by atoms with Crippen molar-refractivity contribution in [2.75, 3.05) is 0 Å². The van der Waals surface area contributed by atoms with Crippen LogP contribution in [0.3, 0.4) is 0 Å². The van der Waals surface area contributed by atoms with E-state index in [-0.39, 0.29) is 28.6 Å². The van der Waals surface area contributed by atoms with E-state index in [1.165, 1.54) is 0 Å². The molecular weight excluding hydrogens is 207 g/mol. The van der Waals surface area contributed by atoms with E-state index in [4.69, 9.17) is 0 Å². The van der Waals surface area contributed by atoms with Gasteiger partial charge >= 0.3 is 0 Å². The van der Waals surface area contributed by atoms with E-state index in [0.717, 1.165) is 32.1 Å². The molecule has 0 aromatic carbocycles. The Balaban J connectivity index is 0.000000845. The second-order valence-corrected chi connectivity index (χ2v) is 3.99. The van der Waals surface area contributed by atoms with Crippen LogP contribution in [0.5, 0.6) is 0 Å². The summed E-state index contributed by atoms with van der Waals surface area (Å²) in [5, 5.41) is 0. The number of ketones is 2. The Morgan fingerprint density at radius 1 is 0.846 bits per heavy atom. The van der Waals surface area contributed by atoms with Gasteiger partial charge in [-0.05, 0) is 19.3 Å². The number of hydrogen-bond acceptors (Lipinski definition) is 2. The predicted molar refractivity (Wildman–Crippen MR) is 44.8 cm³/mol. The zero-order valence-corrected chi connectivity index (χ0v) is 8.82. The van der Waals surface area contributed by atoms with Crippen molar-refractivity contribution in [2.24, 2.45) is 5.41 Å². The van der Waals surface area contributed by atoms with Gasteiger partial charge in [0.05, 0.1) is 5.41 Å². The Hall–Kier alpha value is -0.141. The Labute approximate surface area is 88.9 Å². The van der Waals surface area contributed by atoms with Gasteiger partial charge < -0.3 is 0 Å². The Morgan fingerprint density at radius 2 is 1.31 bits per heavy atom. The molecule has 0 heterocycles. The fourth-order valence-electron chi connectivity index (χ4n) is 2.58. The minimum Gasteiger partial charge on any atom is -0.299 e. The van der Waals surface area contributed by atoms with E-state index >= 15 is 0 Å². The quantitative estimate of drug-likeness (QED) is 0.462. The molecule has 2 saturated carbocycles. The van der Waals surface area contributed by atoms with Gasteiger partial charge in [0.2, 0.25) is 0 Å². The molecule has 0 atom stereocenters. The standard InChI is InChI=1S/C10H14O2.Mn/c11-8-4-3-5-9(12)10(8)6-1-2-7-10;/h1-7H2;. The molecule has 0 amide bonds. The maximum atomic E-state index is 11.6. The normalized spacial score (nSPS) is 26.2. The largest absolute Gasteiger partial charge is 0.299 e. The summed E-state index contributed by atoms with van der Waals surface area (Å²) in [6.07, 6.45) is 5.89. The number of hydrogen-bond donors (Lipinski definition) is 0. The van der Waals surface area contributed by atoms with Crippen LogP contribution < -0.4 is 0 Å². The summed E-state index contributed by atoms with van der Waals surface area (Å²) in [7, 11) is 0. The first-order valence-corrected chi connectivity index (χ1v) is 4.82. The number of Topliss-reactive ketones (excluding diaryl/α,β-unsaturated/α-hetero) is 2. The van der Waals surface area contributed by atoms with Crippen LogP contribution in [0.15, 0.2) is 0 Å². The summed E-state index contributed by atoms with van der Waals surface area (Å²) < 4.78 is 0. The molecule has 1 spiro atoms. The van der Waals surface area contributed by atoms with Crippen molar-refractivity contribution >= 4 is 11.6 Å².